The Balaban J connectivity index is 1.40. The molecule has 29 heavy (non-hydrogen) atoms. The molecule has 1 heterocycles. The van der Waals surface area contributed by atoms with Gasteiger partial charge in [0.15, 0.2) is 0 Å². The smallest absolute Gasteiger partial charge is 0.133 e. The van der Waals surface area contributed by atoms with Crippen LogP contribution in [-0.2, 0) is 30.8 Å². The van der Waals surface area contributed by atoms with Gasteiger partial charge in [0.05, 0.1) is 33.0 Å². The fraction of sp³-hybridized carbons (Fsp3) is 0.696. The van der Waals surface area contributed by atoms with Gasteiger partial charge in [-0.15, -0.1) is 0 Å². The summed E-state index contributed by atoms with van der Waals surface area (Å²) in [4.78, 5) is 15.0. The highest BCUT2D eigenvalue weighted by molar-refractivity contribution is 5.81. The van der Waals surface area contributed by atoms with E-state index in [1.165, 1.54) is 11.1 Å². The van der Waals surface area contributed by atoms with Crippen molar-refractivity contribution in [2.24, 2.45) is 5.92 Å². The zero-order valence-electron chi connectivity index (χ0n) is 17.4. The first-order valence-corrected chi connectivity index (χ1v) is 10.9. The Morgan fingerprint density at radius 2 is 1.97 bits per heavy atom. The Morgan fingerprint density at radius 1 is 1.17 bits per heavy atom. The predicted molar refractivity (Wildman–Crippen MR) is 109 cm³/mol. The maximum Gasteiger partial charge on any atom is 0.133 e. The van der Waals surface area contributed by atoms with Gasteiger partial charge < -0.3 is 19.3 Å². The highest BCUT2D eigenvalue weighted by atomic mass is 16.5. The first-order chi connectivity index (χ1) is 14.1. The second-order valence-electron chi connectivity index (χ2n) is 8.63. The van der Waals surface area contributed by atoms with Gasteiger partial charge in [-0.1, -0.05) is 6.07 Å². The van der Waals surface area contributed by atoms with Crippen molar-refractivity contribution in [3.8, 4) is 5.75 Å². The molecule has 1 unspecified atom stereocenters. The van der Waals surface area contributed by atoms with Crippen LogP contribution in [0.25, 0.3) is 0 Å². The molecule has 2 fully saturated rings. The lowest BCUT2D eigenvalue weighted by molar-refractivity contribution is -0.127. The number of ether oxygens (including phenoxy) is 3. The summed E-state index contributed by atoms with van der Waals surface area (Å²) >= 11 is 0. The van der Waals surface area contributed by atoms with E-state index in [1.54, 1.807) is 13.2 Å². The number of ketones is 1. The third-order valence-electron chi connectivity index (χ3n) is 7.12. The number of rotatable bonds is 9. The van der Waals surface area contributed by atoms with Gasteiger partial charge in [-0.25, -0.2) is 0 Å². The van der Waals surface area contributed by atoms with E-state index in [0.717, 1.165) is 32.4 Å². The molecule has 1 aromatic rings. The van der Waals surface area contributed by atoms with Crippen LogP contribution in [0.5, 0.6) is 5.75 Å². The van der Waals surface area contributed by atoms with Crippen molar-refractivity contribution in [3.05, 3.63) is 29.3 Å². The third kappa shape index (κ3) is 4.22. The van der Waals surface area contributed by atoms with E-state index in [2.05, 4.69) is 11.0 Å². The largest absolute Gasteiger partial charge is 0.508 e. The monoisotopic (exact) mass is 403 g/mol. The van der Waals surface area contributed by atoms with E-state index in [9.17, 15) is 9.90 Å². The molecule has 0 radical (unpaired) electrons. The Morgan fingerprint density at radius 3 is 2.79 bits per heavy atom. The van der Waals surface area contributed by atoms with Crippen molar-refractivity contribution in [3.63, 3.8) is 0 Å². The Kier molecular flexibility index (Phi) is 6.54. The molecule has 0 aromatic heterocycles. The highest BCUT2D eigenvalue weighted by Gasteiger charge is 2.55. The predicted octanol–water partition coefficient (Wildman–Crippen LogP) is 2.31. The van der Waals surface area contributed by atoms with Crippen molar-refractivity contribution in [1.29, 1.82) is 0 Å². The molecular weight excluding hydrogens is 370 g/mol. The topological polar surface area (TPSA) is 68.2 Å². The zero-order valence-corrected chi connectivity index (χ0v) is 17.4. The van der Waals surface area contributed by atoms with E-state index in [4.69, 9.17) is 14.2 Å². The number of phenolic OH excluding ortho intramolecular Hbond substituents is 1. The average molecular weight is 404 g/mol. The van der Waals surface area contributed by atoms with Gasteiger partial charge in [0, 0.05) is 38.0 Å². The second kappa shape index (κ2) is 9.13. The van der Waals surface area contributed by atoms with Crippen LogP contribution in [0.3, 0.4) is 0 Å². The summed E-state index contributed by atoms with van der Waals surface area (Å²) in [5.74, 6) is 1.18. The number of carbonyl (C=O) groups is 1. The summed E-state index contributed by atoms with van der Waals surface area (Å²) in [7, 11) is 1.67. The van der Waals surface area contributed by atoms with Crippen LogP contribution < -0.4 is 0 Å². The molecule has 3 aliphatic rings. The number of Topliss-reactive ketones (excluding diaryl/α,β-unsaturated/α-hetero) is 1. The average Bonchev–Trinajstić information content (AvgIpc) is 2.71. The lowest BCUT2D eigenvalue weighted by atomic mass is 9.52. The molecule has 1 saturated carbocycles. The molecule has 4 rings (SSSR count). The molecular formula is C23H33NO5. The van der Waals surface area contributed by atoms with Gasteiger partial charge in [-0.3, -0.25) is 9.69 Å². The zero-order chi connectivity index (χ0) is 20.3. The molecule has 6 nitrogen and oxygen atoms in total. The van der Waals surface area contributed by atoms with Crippen molar-refractivity contribution < 1.29 is 24.1 Å². The van der Waals surface area contributed by atoms with Gasteiger partial charge in [0.2, 0.25) is 0 Å². The number of aromatic hydroxyl groups is 1. The van der Waals surface area contributed by atoms with E-state index in [1.807, 2.05) is 6.07 Å². The van der Waals surface area contributed by atoms with Crippen molar-refractivity contribution in [2.45, 2.75) is 43.6 Å². The minimum absolute atomic E-state index is 0.0845. The normalized spacial score (nSPS) is 28.8. The number of methoxy groups -OCH3 is 1. The second-order valence-corrected chi connectivity index (χ2v) is 8.63. The molecule has 1 saturated heterocycles. The van der Waals surface area contributed by atoms with E-state index >= 15 is 0 Å². The van der Waals surface area contributed by atoms with Crippen LogP contribution in [0.2, 0.25) is 0 Å². The van der Waals surface area contributed by atoms with Crippen LogP contribution in [0.1, 0.15) is 36.8 Å². The molecule has 2 bridgehead atoms. The lowest BCUT2D eigenvalue weighted by Gasteiger charge is -2.58. The molecule has 1 aliphatic heterocycles. The third-order valence-corrected chi connectivity index (χ3v) is 7.12. The SMILES string of the molecule is COCCOCCOCCN1CCC23CC(=O)CC[C@H]2[C@H]1Cc1ccc(O)cc13. The molecule has 0 amide bonds. The molecule has 1 N–H and O–H groups in total. The fourth-order valence-corrected chi connectivity index (χ4v) is 5.82. The lowest BCUT2D eigenvalue weighted by Crippen LogP contribution is -2.62. The molecule has 6 heteroatoms. The van der Waals surface area contributed by atoms with E-state index in [0.29, 0.717) is 69.4 Å². The van der Waals surface area contributed by atoms with Crippen LogP contribution >= 0.6 is 0 Å². The summed E-state index contributed by atoms with van der Waals surface area (Å²) in [6, 6.07) is 6.23. The van der Waals surface area contributed by atoms with Gasteiger partial charge in [0.1, 0.15) is 11.5 Å². The van der Waals surface area contributed by atoms with Crippen molar-refractivity contribution in [1.82, 2.24) is 4.90 Å². The van der Waals surface area contributed by atoms with Gasteiger partial charge >= 0.3 is 0 Å². The Bertz CT molecular complexity index is 723. The number of hydrogen-bond donors (Lipinski definition) is 1. The molecule has 160 valence electrons. The molecule has 3 atom stereocenters. The fourth-order valence-electron chi connectivity index (χ4n) is 5.82. The maximum atomic E-state index is 12.4. The van der Waals surface area contributed by atoms with Gasteiger partial charge in [0.25, 0.3) is 0 Å². The van der Waals surface area contributed by atoms with Crippen molar-refractivity contribution >= 4 is 5.78 Å². The van der Waals surface area contributed by atoms with Gasteiger partial charge in [-0.05, 0) is 55.0 Å². The highest BCUT2D eigenvalue weighted by Crippen LogP contribution is 2.55. The number of likely N-dealkylation sites (tertiary alicyclic amines) is 1. The number of nitrogens with zero attached hydrogens (tertiary/aromatic N) is 1. The number of piperidine rings is 1. The molecule has 0 spiro atoms. The summed E-state index contributed by atoms with van der Waals surface area (Å²) in [6.45, 7) is 5.01. The molecule has 2 aliphatic carbocycles. The molecule has 1 aromatic carbocycles. The standard InChI is InChI=1S/C23H33NO5/c1-27-10-11-29-13-12-28-9-8-24-7-6-23-16-19(26)4-5-20(23)22(24)14-17-2-3-18(25)15-21(17)23/h2-3,15,20,22,25H,4-14,16H2,1H3/t20-,22+,23?/m0/s1. The summed E-state index contributed by atoms with van der Waals surface area (Å²) < 4.78 is 16.2. The van der Waals surface area contributed by atoms with Crippen LogP contribution in [0, 0.1) is 5.92 Å². The Hall–Kier alpha value is -1.47. The minimum atomic E-state index is -0.0845. The number of benzene rings is 1. The first-order valence-electron chi connectivity index (χ1n) is 10.9. The number of hydrogen-bond acceptors (Lipinski definition) is 6. The quantitative estimate of drug-likeness (QED) is 0.638. The van der Waals surface area contributed by atoms with Crippen LogP contribution in [-0.4, -0.2) is 75.1 Å². The summed E-state index contributed by atoms with van der Waals surface area (Å²) in [5.41, 5.74) is 2.45. The Labute approximate surface area is 173 Å². The number of phenols is 1. The number of fused-ring (bicyclic) bond motifs is 1. The van der Waals surface area contributed by atoms with Crippen molar-refractivity contribution in [2.75, 3.05) is 53.2 Å². The first kappa shape index (κ1) is 20.8. The van der Waals surface area contributed by atoms with Gasteiger partial charge in [-0.2, -0.15) is 0 Å². The van der Waals surface area contributed by atoms with E-state index < -0.39 is 0 Å². The maximum absolute atomic E-state index is 12.4. The summed E-state index contributed by atoms with van der Waals surface area (Å²) in [6.07, 6.45) is 4.27. The van der Waals surface area contributed by atoms with Crippen LogP contribution in [0.15, 0.2) is 18.2 Å². The number of carbonyl (C=O) groups excluding carboxylic acids is 1. The summed E-state index contributed by atoms with van der Waals surface area (Å²) in [5, 5.41) is 10.1. The van der Waals surface area contributed by atoms with Crippen LogP contribution in [0.4, 0.5) is 0 Å². The van der Waals surface area contributed by atoms with E-state index in [-0.39, 0.29) is 5.41 Å². The minimum Gasteiger partial charge on any atom is -0.508 e.